The van der Waals surface area contributed by atoms with Crippen LogP contribution in [0.5, 0.6) is 17.2 Å². The molecule has 0 radical (unpaired) electrons. The maximum absolute atomic E-state index is 13.1. The number of para-hydroxylation sites is 1. The predicted octanol–water partition coefficient (Wildman–Crippen LogP) is 4.84. The lowest BCUT2D eigenvalue weighted by molar-refractivity contribution is -0.129. The van der Waals surface area contributed by atoms with Crippen molar-refractivity contribution in [3.63, 3.8) is 0 Å². The Morgan fingerprint density at radius 2 is 2.10 bits per heavy atom. The third-order valence-electron chi connectivity index (χ3n) is 5.65. The minimum atomic E-state index is -0.00203. The zero-order chi connectivity index (χ0) is 21.2. The number of rotatable bonds is 4. The summed E-state index contributed by atoms with van der Waals surface area (Å²) in [5.74, 6) is 1.86. The van der Waals surface area contributed by atoms with Gasteiger partial charge in [-0.3, -0.25) is 4.79 Å². The third-order valence-corrected chi connectivity index (χ3v) is 6.79. The highest BCUT2D eigenvalue weighted by Gasteiger charge is 2.29. The number of thiazole rings is 1. The summed E-state index contributed by atoms with van der Waals surface area (Å²) >= 11 is 1.68. The SMILES string of the molecule is COc1cc(/C=C/C(=O)N2CCCC[C@@H]2c2nc3ccccc3s2)cc2c1OCCO2. The molecular weight excluding hydrogens is 412 g/mol. The highest BCUT2D eigenvalue weighted by Crippen LogP contribution is 2.41. The lowest BCUT2D eigenvalue weighted by Gasteiger charge is -2.33. The average molecular weight is 437 g/mol. The number of methoxy groups -OCH3 is 1. The number of benzene rings is 2. The summed E-state index contributed by atoms with van der Waals surface area (Å²) in [5, 5.41) is 1.02. The van der Waals surface area contributed by atoms with Crippen molar-refractivity contribution in [1.82, 2.24) is 9.88 Å². The number of piperidine rings is 1. The smallest absolute Gasteiger partial charge is 0.247 e. The second-order valence-electron chi connectivity index (χ2n) is 7.64. The van der Waals surface area contributed by atoms with Crippen molar-refractivity contribution in [3.8, 4) is 17.2 Å². The molecule has 0 bridgehead atoms. The number of hydrogen-bond donors (Lipinski definition) is 0. The molecule has 1 fully saturated rings. The summed E-state index contributed by atoms with van der Waals surface area (Å²) in [6.07, 6.45) is 6.51. The number of nitrogens with zero attached hydrogens (tertiary/aromatic N) is 2. The summed E-state index contributed by atoms with van der Waals surface area (Å²) in [6, 6.07) is 11.9. The maximum Gasteiger partial charge on any atom is 0.247 e. The van der Waals surface area contributed by atoms with Crippen molar-refractivity contribution < 1.29 is 19.0 Å². The monoisotopic (exact) mass is 436 g/mol. The molecule has 0 aliphatic carbocycles. The van der Waals surface area contributed by atoms with Crippen LogP contribution in [0.15, 0.2) is 42.5 Å². The fourth-order valence-electron chi connectivity index (χ4n) is 4.14. The molecule has 160 valence electrons. The van der Waals surface area contributed by atoms with Gasteiger partial charge in [0.25, 0.3) is 0 Å². The van der Waals surface area contributed by atoms with E-state index in [9.17, 15) is 4.79 Å². The molecule has 2 aromatic carbocycles. The highest BCUT2D eigenvalue weighted by molar-refractivity contribution is 7.18. The summed E-state index contributed by atoms with van der Waals surface area (Å²) in [4.78, 5) is 19.9. The number of ether oxygens (including phenoxy) is 3. The topological polar surface area (TPSA) is 60.9 Å². The van der Waals surface area contributed by atoms with Crippen LogP contribution in [0.1, 0.15) is 35.9 Å². The fraction of sp³-hybridized carbons (Fsp3) is 0.333. The second-order valence-corrected chi connectivity index (χ2v) is 8.71. The molecule has 0 spiro atoms. The van der Waals surface area contributed by atoms with E-state index in [1.165, 1.54) is 0 Å². The molecule has 3 heterocycles. The molecule has 0 unspecified atom stereocenters. The first-order valence-electron chi connectivity index (χ1n) is 10.5. The van der Waals surface area contributed by atoms with Crippen molar-refractivity contribution in [2.45, 2.75) is 25.3 Å². The lowest BCUT2D eigenvalue weighted by atomic mass is 10.0. The molecule has 0 N–H and O–H groups in total. The molecule has 1 atom stereocenters. The molecular formula is C24H24N2O4S. The maximum atomic E-state index is 13.1. The number of aromatic nitrogens is 1. The number of hydrogen-bond acceptors (Lipinski definition) is 6. The molecule has 1 saturated heterocycles. The van der Waals surface area contributed by atoms with Crippen LogP contribution >= 0.6 is 11.3 Å². The standard InChI is InChI=1S/C24H24N2O4S/c1-28-19-14-16(15-20-23(19)30-13-12-29-20)9-10-22(27)26-11-5-4-7-18(26)24-25-17-6-2-3-8-21(17)31-24/h2-3,6,8-10,14-15,18H,4-5,7,11-13H2,1H3/b10-9+/t18-/m1/s1. The van der Waals surface area contributed by atoms with E-state index in [1.54, 1.807) is 24.5 Å². The van der Waals surface area contributed by atoms with E-state index >= 15 is 0 Å². The fourth-order valence-corrected chi connectivity index (χ4v) is 5.25. The first-order valence-corrected chi connectivity index (χ1v) is 11.4. The summed E-state index contributed by atoms with van der Waals surface area (Å²) < 4.78 is 17.9. The van der Waals surface area contributed by atoms with Crippen LogP contribution in [0.4, 0.5) is 0 Å². The lowest BCUT2D eigenvalue weighted by Crippen LogP contribution is -2.37. The van der Waals surface area contributed by atoms with Crippen molar-refractivity contribution >= 4 is 33.5 Å². The van der Waals surface area contributed by atoms with Crippen molar-refractivity contribution in [2.24, 2.45) is 0 Å². The van der Waals surface area contributed by atoms with E-state index in [1.807, 2.05) is 41.3 Å². The number of likely N-dealkylation sites (tertiary alicyclic amines) is 1. The van der Waals surface area contributed by atoms with Gasteiger partial charge in [0.05, 0.1) is 23.4 Å². The van der Waals surface area contributed by atoms with Gasteiger partial charge < -0.3 is 19.1 Å². The molecule has 0 saturated carbocycles. The van der Waals surface area contributed by atoms with E-state index in [4.69, 9.17) is 19.2 Å². The van der Waals surface area contributed by atoms with E-state index in [0.29, 0.717) is 30.5 Å². The normalized spacial score (nSPS) is 18.5. The van der Waals surface area contributed by atoms with Crippen LogP contribution in [0.25, 0.3) is 16.3 Å². The minimum absolute atomic E-state index is 0.00203. The Bertz CT molecular complexity index is 1090. The van der Waals surface area contributed by atoms with E-state index in [0.717, 1.165) is 46.6 Å². The number of amides is 1. The molecule has 3 aromatic rings. The summed E-state index contributed by atoms with van der Waals surface area (Å²) in [5.41, 5.74) is 1.84. The van der Waals surface area contributed by atoms with Crippen LogP contribution in [0, 0.1) is 0 Å². The van der Waals surface area contributed by atoms with Gasteiger partial charge in [-0.25, -0.2) is 4.98 Å². The molecule has 2 aliphatic heterocycles. The van der Waals surface area contributed by atoms with Gasteiger partial charge in [0.1, 0.15) is 18.2 Å². The van der Waals surface area contributed by atoms with Crippen LogP contribution in [-0.2, 0) is 4.79 Å². The van der Waals surface area contributed by atoms with Gasteiger partial charge in [0.2, 0.25) is 11.7 Å². The zero-order valence-electron chi connectivity index (χ0n) is 17.4. The molecule has 1 aromatic heterocycles. The second kappa shape index (κ2) is 8.59. The number of fused-ring (bicyclic) bond motifs is 2. The van der Waals surface area contributed by atoms with E-state index in [-0.39, 0.29) is 11.9 Å². The third kappa shape index (κ3) is 3.97. The first kappa shape index (κ1) is 19.9. The minimum Gasteiger partial charge on any atom is -0.493 e. The molecule has 7 heteroatoms. The van der Waals surface area contributed by atoms with Crippen molar-refractivity contribution in [2.75, 3.05) is 26.9 Å². The van der Waals surface area contributed by atoms with E-state index in [2.05, 4.69) is 6.07 Å². The molecule has 5 rings (SSSR count). The van der Waals surface area contributed by atoms with Gasteiger partial charge in [-0.15, -0.1) is 11.3 Å². The van der Waals surface area contributed by atoms with Gasteiger partial charge in [-0.2, -0.15) is 0 Å². The average Bonchev–Trinajstić information content (AvgIpc) is 3.26. The van der Waals surface area contributed by atoms with Gasteiger partial charge in [-0.1, -0.05) is 12.1 Å². The number of carbonyl (C=O) groups is 1. The Hall–Kier alpha value is -3.06. The quantitative estimate of drug-likeness (QED) is 0.548. The summed E-state index contributed by atoms with van der Waals surface area (Å²) in [7, 11) is 1.60. The first-order chi connectivity index (χ1) is 15.2. The Labute approximate surface area is 185 Å². The Kier molecular flexibility index (Phi) is 5.51. The van der Waals surface area contributed by atoms with Crippen molar-refractivity contribution in [1.29, 1.82) is 0 Å². The van der Waals surface area contributed by atoms with Crippen LogP contribution < -0.4 is 14.2 Å². The Balaban J connectivity index is 1.39. The van der Waals surface area contributed by atoms with Crippen LogP contribution in [-0.4, -0.2) is 42.7 Å². The molecule has 2 aliphatic rings. The van der Waals surface area contributed by atoms with Crippen molar-refractivity contribution in [3.05, 3.63) is 53.0 Å². The van der Waals surface area contributed by atoms with Crippen LogP contribution in [0.2, 0.25) is 0 Å². The van der Waals surface area contributed by atoms with Gasteiger partial charge >= 0.3 is 0 Å². The Morgan fingerprint density at radius 3 is 2.97 bits per heavy atom. The molecule has 1 amide bonds. The van der Waals surface area contributed by atoms with E-state index < -0.39 is 0 Å². The highest BCUT2D eigenvalue weighted by atomic mass is 32.1. The molecule has 31 heavy (non-hydrogen) atoms. The predicted molar refractivity (Wildman–Crippen MR) is 121 cm³/mol. The largest absolute Gasteiger partial charge is 0.493 e. The Morgan fingerprint density at radius 1 is 1.23 bits per heavy atom. The van der Waals surface area contributed by atoms with Gasteiger partial charge in [0.15, 0.2) is 11.5 Å². The van der Waals surface area contributed by atoms with Crippen LogP contribution in [0.3, 0.4) is 0 Å². The zero-order valence-corrected chi connectivity index (χ0v) is 18.2. The number of carbonyl (C=O) groups excluding carboxylic acids is 1. The van der Waals surface area contributed by atoms with Gasteiger partial charge in [0, 0.05) is 12.6 Å². The van der Waals surface area contributed by atoms with Gasteiger partial charge in [-0.05, 0) is 55.2 Å². The molecule has 6 nitrogen and oxygen atoms in total. The summed E-state index contributed by atoms with van der Waals surface area (Å²) in [6.45, 7) is 1.74.